The molecule has 2 amide bonds. The van der Waals surface area contributed by atoms with Crippen molar-refractivity contribution in [2.75, 3.05) is 4.90 Å². The lowest BCUT2D eigenvalue weighted by atomic mass is 10.2. The van der Waals surface area contributed by atoms with E-state index in [0.29, 0.717) is 5.69 Å². The highest BCUT2D eigenvalue weighted by molar-refractivity contribution is 9.10. The van der Waals surface area contributed by atoms with Crippen LogP contribution in [-0.4, -0.2) is 28.3 Å². The van der Waals surface area contributed by atoms with Crippen LogP contribution in [0.25, 0.3) is 10.9 Å². The molecule has 5 rings (SSSR count). The minimum Gasteiger partial charge on any atom is -0.361 e. The summed E-state index contributed by atoms with van der Waals surface area (Å²) in [4.78, 5) is 35.5. The van der Waals surface area contributed by atoms with Crippen molar-refractivity contribution in [2.45, 2.75) is 16.6 Å². The van der Waals surface area contributed by atoms with Crippen molar-refractivity contribution in [3.63, 3.8) is 0 Å². The number of H-pyrrole nitrogens is 1. The summed E-state index contributed by atoms with van der Waals surface area (Å²) >= 11 is 4.84. The van der Waals surface area contributed by atoms with E-state index < -0.39 is 5.25 Å². The zero-order valence-corrected chi connectivity index (χ0v) is 19.3. The Morgan fingerprint density at radius 1 is 1.00 bits per heavy atom. The molecule has 1 aliphatic rings. The number of hydrogen-bond donors (Lipinski definition) is 1. The molecule has 7 heteroatoms. The number of amides is 2. The second-order valence-electron chi connectivity index (χ2n) is 7.43. The Morgan fingerprint density at radius 3 is 2.56 bits per heavy atom. The highest BCUT2D eigenvalue weighted by Gasteiger charge is 2.40. The molecule has 1 N–H and O–H groups in total. The maximum absolute atomic E-state index is 13.0. The van der Waals surface area contributed by atoms with Crippen molar-refractivity contribution in [1.29, 1.82) is 0 Å². The predicted molar refractivity (Wildman–Crippen MR) is 133 cm³/mol. The summed E-state index contributed by atoms with van der Waals surface area (Å²) < 4.78 is 1.03. The Labute approximate surface area is 197 Å². The van der Waals surface area contributed by atoms with E-state index in [2.05, 4.69) is 25.9 Å². The summed E-state index contributed by atoms with van der Waals surface area (Å²) in [6, 6.07) is 23.1. The molecule has 1 saturated heterocycles. The van der Waals surface area contributed by atoms with E-state index in [0.717, 1.165) is 31.5 Å². The number of halogens is 1. The zero-order valence-electron chi connectivity index (χ0n) is 16.9. The van der Waals surface area contributed by atoms with Crippen LogP contribution in [0.4, 0.5) is 11.4 Å². The van der Waals surface area contributed by atoms with E-state index in [1.54, 1.807) is 0 Å². The number of carbonyl (C=O) groups is 2. The van der Waals surface area contributed by atoms with Gasteiger partial charge in [-0.25, -0.2) is 4.90 Å². The van der Waals surface area contributed by atoms with Gasteiger partial charge in [-0.3, -0.25) is 14.6 Å². The van der Waals surface area contributed by atoms with Crippen molar-refractivity contribution < 1.29 is 9.59 Å². The number of hydrogen-bond acceptors (Lipinski definition) is 4. The molecule has 32 heavy (non-hydrogen) atoms. The van der Waals surface area contributed by atoms with Gasteiger partial charge >= 0.3 is 0 Å². The number of imide groups is 1. The first-order chi connectivity index (χ1) is 15.6. The van der Waals surface area contributed by atoms with Gasteiger partial charge in [-0.1, -0.05) is 34.1 Å². The van der Waals surface area contributed by atoms with E-state index in [1.807, 2.05) is 85.2 Å². The van der Waals surface area contributed by atoms with Crippen LogP contribution >= 0.6 is 27.7 Å². The van der Waals surface area contributed by atoms with E-state index in [9.17, 15) is 9.59 Å². The molecule has 0 radical (unpaired) electrons. The predicted octanol–water partition coefficient (Wildman–Crippen LogP) is 6.11. The number of thioether (sulfide) groups is 1. The topological polar surface area (TPSA) is 65.5 Å². The Morgan fingerprint density at radius 2 is 1.78 bits per heavy atom. The number of anilines is 1. The molecule has 5 nitrogen and oxygen atoms in total. The summed E-state index contributed by atoms with van der Waals surface area (Å²) in [5, 5.41) is 0.612. The third-order valence-electron chi connectivity index (χ3n) is 5.25. The van der Waals surface area contributed by atoms with E-state index in [-0.39, 0.29) is 18.2 Å². The second kappa shape index (κ2) is 8.76. The number of nitrogens with one attached hydrogen (secondary N) is 1. The molecule has 2 heterocycles. The number of carbonyl (C=O) groups excluding carboxylic acids is 2. The van der Waals surface area contributed by atoms with Crippen molar-refractivity contribution in [1.82, 2.24) is 4.98 Å². The molecule has 0 spiro atoms. The van der Waals surface area contributed by atoms with Gasteiger partial charge in [0.15, 0.2) is 0 Å². The standard InChI is InChI=1S/C25H18BrN3O2S/c26-18-4-1-16(2-5-18)15-28-19-6-9-21(10-7-19)32-23-14-24(30)29(25(23)31)20-8-3-17-11-12-27-22(17)13-20/h1-13,15,23,27H,14H2. The van der Waals surface area contributed by atoms with Gasteiger partial charge in [0, 0.05) is 33.7 Å². The number of aliphatic imine (C=N–C) groups is 1. The van der Waals surface area contributed by atoms with Crippen LogP contribution in [0.1, 0.15) is 12.0 Å². The molecule has 1 unspecified atom stereocenters. The average Bonchev–Trinajstić information content (AvgIpc) is 3.37. The molecule has 0 saturated carbocycles. The molecule has 158 valence electrons. The molecule has 0 aliphatic carbocycles. The number of nitrogens with zero attached hydrogens (tertiary/aromatic N) is 2. The molecular weight excluding hydrogens is 486 g/mol. The number of aromatic nitrogens is 1. The Hall–Kier alpha value is -3.16. The lowest BCUT2D eigenvalue weighted by molar-refractivity contribution is -0.121. The van der Waals surface area contributed by atoms with Gasteiger partial charge in [-0.15, -0.1) is 11.8 Å². The molecular formula is C25H18BrN3O2S. The first-order valence-electron chi connectivity index (χ1n) is 10.1. The molecule has 1 fully saturated rings. The average molecular weight is 504 g/mol. The third-order valence-corrected chi connectivity index (χ3v) is 6.98. The van der Waals surface area contributed by atoms with Crippen LogP contribution in [-0.2, 0) is 9.59 Å². The van der Waals surface area contributed by atoms with Crippen molar-refractivity contribution in [3.8, 4) is 0 Å². The smallest absolute Gasteiger partial charge is 0.247 e. The van der Waals surface area contributed by atoms with E-state index in [1.165, 1.54) is 16.7 Å². The fourth-order valence-electron chi connectivity index (χ4n) is 3.62. The minimum atomic E-state index is -0.432. The number of fused-ring (bicyclic) bond motifs is 1. The van der Waals surface area contributed by atoms with E-state index >= 15 is 0 Å². The first-order valence-corrected chi connectivity index (χ1v) is 11.7. The van der Waals surface area contributed by atoms with Gasteiger partial charge in [-0.05, 0) is 65.5 Å². The van der Waals surface area contributed by atoms with Crippen LogP contribution in [0, 0.1) is 0 Å². The molecule has 0 bridgehead atoms. The van der Waals surface area contributed by atoms with Crippen LogP contribution in [0.15, 0.2) is 93.4 Å². The first kappa shape index (κ1) is 20.7. The number of benzene rings is 3. The van der Waals surface area contributed by atoms with Gasteiger partial charge in [0.25, 0.3) is 0 Å². The van der Waals surface area contributed by atoms with Gasteiger partial charge in [0.1, 0.15) is 0 Å². The highest BCUT2D eigenvalue weighted by Crippen LogP contribution is 2.35. The second-order valence-corrected chi connectivity index (χ2v) is 9.62. The van der Waals surface area contributed by atoms with Gasteiger partial charge < -0.3 is 4.98 Å². The minimum absolute atomic E-state index is 0.172. The van der Waals surface area contributed by atoms with Crippen LogP contribution < -0.4 is 4.90 Å². The molecule has 1 aromatic heterocycles. The molecule has 1 atom stereocenters. The SMILES string of the molecule is O=C1CC(Sc2ccc(N=Cc3ccc(Br)cc3)cc2)C(=O)N1c1ccc2cc[nH]c2c1. The molecule has 3 aromatic carbocycles. The Balaban J connectivity index is 1.27. The summed E-state index contributed by atoms with van der Waals surface area (Å²) in [6.45, 7) is 0. The normalized spacial score (nSPS) is 16.5. The highest BCUT2D eigenvalue weighted by atomic mass is 79.9. The van der Waals surface area contributed by atoms with Gasteiger partial charge in [-0.2, -0.15) is 0 Å². The van der Waals surface area contributed by atoms with Crippen LogP contribution in [0.3, 0.4) is 0 Å². The monoisotopic (exact) mass is 503 g/mol. The largest absolute Gasteiger partial charge is 0.361 e. The fraction of sp³-hybridized carbons (Fsp3) is 0.0800. The lowest BCUT2D eigenvalue weighted by Gasteiger charge is -2.15. The van der Waals surface area contributed by atoms with Crippen LogP contribution in [0.2, 0.25) is 0 Å². The third kappa shape index (κ3) is 4.26. The van der Waals surface area contributed by atoms with Crippen LogP contribution in [0.5, 0.6) is 0 Å². The maximum Gasteiger partial charge on any atom is 0.247 e. The quantitative estimate of drug-likeness (QED) is 0.264. The molecule has 4 aromatic rings. The fourth-order valence-corrected chi connectivity index (χ4v) is 4.93. The van der Waals surface area contributed by atoms with Crippen molar-refractivity contribution in [3.05, 3.63) is 89.0 Å². The molecule has 1 aliphatic heterocycles. The van der Waals surface area contributed by atoms with E-state index in [4.69, 9.17) is 0 Å². The van der Waals surface area contributed by atoms with Crippen molar-refractivity contribution >= 4 is 68.0 Å². The summed E-state index contributed by atoms with van der Waals surface area (Å²) in [7, 11) is 0. The van der Waals surface area contributed by atoms with Crippen molar-refractivity contribution in [2.24, 2.45) is 4.99 Å². The van der Waals surface area contributed by atoms with Gasteiger partial charge in [0.05, 0.1) is 16.6 Å². The summed E-state index contributed by atoms with van der Waals surface area (Å²) in [5.74, 6) is -0.350. The number of rotatable bonds is 5. The maximum atomic E-state index is 13.0. The summed E-state index contributed by atoms with van der Waals surface area (Å²) in [6.07, 6.45) is 3.84. The lowest BCUT2D eigenvalue weighted by Crippen LogP contribution is -2.31. The zero-order chi connectivity index (χ0) is 22.1. The number of aromatic amines is 1. The van der Waals surface area contributed by atoms with Gasteiger partial charge in [0.2, 0.25) is 11.8 Å². The Kier molecular flexibility index (Phi) is 5.68. The summed E-state index contributed by atoms with van der Waals surface area (Å²) in [5.41, 5.74) is 3.35. The Bertz CT molecular complexity index is 1330.